The molecule has 0 saturated heterocycles. The van der Waals surface area contributed by atoms with Gasteiger partial charge in [0, 0.05) is 17.0 Å². The summed E-state index contributed by atoms with van der Waals surface area (Å²) in [4.78, 5) is 14.1. The van der Waals surface area contributed by atoms with E-state index in [0.29, 0.717) is 35.2 Å². The SMILES string of the molecule is C=CCn1c(CSc2ccccc2)nnc1SC(CC)C(=O)Nc1oc(C)c(C)c1C#N. The summed E-state index contributed by atoms with van der Waals surface area (Å²) in [7, 11) is 0. The lowest BCUT2D eigenvalue weighted by Gasteiger charge is -2.14. The predicted octanol–water partition coefficient (Wildman–Crippen LogP) is 5.35. The van der Waals surface area contributed by atoms with Crippen LogP contribution in [0.5, 0.6) is 0 Å². The number of allylic oxidation sites excluding steroid dienone is 1. The summed E-state index contributed by atoms with van der Waals surface area (Å²) in [6.07, 6.45) is 2.37. The Labute approximate surface area is 196 Å². The Morgan fingerprint density at radius 1 is 1.34 bits per heavy atom. The second kappa shape index (κ2) is 11.1. The van der Waals surface area contributed by atoms with Crippen molar-refractivity contribution in [3.63, 3.8) is 0 Å². The molecule has 2 heterocycles. The van der Waals surface area contributed by atoms with E-state index in [2.05, 4.69) is 40.3 Å². The average Bonchev–Trinajstić information content (AvgIpc) is 3.30. The molecule has 0 aliphatic carbocycles. The summed E-state index contributed by atoms with van der Waals surface area (Å²) in [5.41, 5.74) is 1.08. The van der Waals surface area contributed by atoms with Gasteiger partial charge in [0.1, 0.15) is 23.2 Å². The Morgan fingerprint density at radius 2 is 2.09 bits per heavy atom. The van der Waals surface area contributed by atoms with Crippen LogP contribution in [-0.4, -0.2) is 25.9 Å². The number of nitrogens with zero attached hydrogens (tertiary/aromatic N) is 4. The lowest BCUT2D eigenvalue weighted by atomic mass is 10.2. The highest BCUT2D eigenvalue weighted by Gasteiger charge is 2.25. The molecule has 1 amide bonds. The van der Waals surface area contributed by atoms with Crippen LogP contribution in [0.4, 0.5) is 5.88 Å². The standard InChI is InChI=1S/C23H25N5O2S2/c1-5-12-28-20(14-31-17-10-8-7-9-11-17)26-27-23(28)32-19(6-2)21(29)25-22-18(13-24)15(3)16(4)30-22/h5,7-11,19H,1,6,12,14H2,2-4H3,(H,25,29). The zero-order chi connectivity index (χ0) is 23.1. The number of benzene rings is 1. The number of hydrogen-bond acceptors (Lipinski definition) is 7. The molecule has 1 N–H and O–H groups in total. The fourth-order valence-electron chi connectivity index (χ4n) is 2.98. The van der Waals surface area contributed by atoms with Crippen molar-refractivity contribution in [2.75, 3.05) is 5.32 Å². The molecular weight excluding hydrogens is 442 g/mol. The molecule has 1 aromatic carbocycles. The molecule has 3 rings (SSSR count). The van der Waals surface area contributed by atoms with Gasteiger partial charge in [0.15, 0.2) is 5.16 Å². The van der Waals surface area contributed by atoms with Crippen molar-refractivity contribution in [3.05, 3.63) is 65.7 Å². The molecule has 1 unspecified atom stereocenters. The van der Waals surface area contributed by atoms with Gasteiger partial charge in [-0.05, 0) is 32.4 Å². The molecule has 2 aromatic heterocycles. The number of nitriles is 1. The van der Waals surface area contributed by atoms with E-state index in [-0.39, 0.29) is 11.8 Å². The Balaban J connectivity index is 1.74. The number of nitrogens with one attached hydrogen (secondary N) is 1. The molecule has 166 valence electrons. The highest BCUT2D eigenvalue weighted by molar-refractivity contribution is 8.00. The Morgan fingerprint density at radius 3 is 2.75 bits per heavy atom. The number of aromatic nitrogens is 3. The lowest BCUT2D eigenvalue weighted by molar-refractivity contribution is -0.115. The fraction of sp³-hybridized carbons (Fsp3) is 0.304. The van der Waals surface area contributed by atoms with Crippen LogP contribution in [0.3, 0.4) is 0 Å². The maximum atomic E-state index is 12.9. The van der Waals surface area contributed by atoms with Crippen LogP contribution in [0.2, 0.25) is 0 Å². The van der Waals surface area contributed by atoms with Crippen LogP contribution in [0.1, 0.15) is 36.1 Å². The van der Waals surface area contributed by atoms with Crippen molar-refractivity contribution >= 4 is 35.3 Å². The Kier molecular flexibility index (Phi) is 8.20. The van der Waals surface area contributed by atoms with E-state index >= 15 is 0 Å². The van der Waals surface area contributed by atoms with E-state index in [1.807, 2.05) is 29.7 Å². The Hall–Kier alpha value is -2.96. The van der Waals surface area contributed by atoms with Crippen molar-refractivity contribution < 1.29 is 9.21 Å². The average molecular weight is 468 g/mol. The summed E-state index contributed by atoms with van der Waals surface area (Å²) in [6, 6.07) is 12.2. The number of thioether (sulfide) groups is 2. The van der Waals surface area contributed by atoms with Gasteiger partial charge in [-0.1, -0.05) is 43.0 Å². The first-order valence-electron chi connectivity index (χ1n) is 10.2. The number of amides is 1. The first-order valence-corrected chi connectivity index (χ1v) is 12.0. The largest absolute Gasteiger partial charge is 0.444 e. The monoisotopic (exact) mass is 467 g/mol. The van der Waals surface area contributed by atoms with Crippen LogP contribution in [0.25, 0.3) is 0 Å². The van der Waals surface area contributed by atoms with Crippen LogP contribution in [0, 0.1) is 25.2 Å². The number of carbonyl (C=O) groups is 1. The maximum Gasteiger partial charge on any atom is 0.240 e. The molecule has 7 nitrogen and oxygen atoms in total. The summed E-state index contributed by atoms with van der Waals surface area (Å²) in [5.74, 6) is 2.05. The topological polar surface area (TPSA) is 96.7 Å². The second-order valence-corrected chi connectivity index (χ2v) is 9.22. The zero-order valence-corrected chi connectivity index (χ0v) is 19.9. The number of aryl methyl sites for hydroxylation is 1. The minimum absolute atomic E-state index is 0.194. The summed E-state index contributed by atoms with van der Waals surface area (Å²) >= 11 is 3.02. The second-order valence-electron chi connectivity index (χ2n) is 7.00. The summed E-state index contributed by atoms with van der Waals surface area (Å²) < 4.78 is 7.56. The molecule has 0 aliphatic rings. The minimum atomic E-state index is -0.422. The molecule has 0 saturated carbocycles. The van der Waals surface area contributed by atoms with Gasteiger partial charge in [0.05, 0.1) is 11.0 Å². The molecule has 0 spiro atoms. The van der Waals surface area contributed by atoms with Crippen molar-refractivity contribution in [3.8, 4) is 6.07 Å². The molecular formula is C23H25N5O2S2. The van der Waals surface area contributed by atoms with Gasteiger partial charge in [-0.25, -0.2) is 0 Å². The molecule has 32 heavy (non-hydrogen) atoms. The van der Waals surface area contributed by atoms with E-state index in [1.165, 1.54) is 11.8 Å². The molecule has 1 atom stereocenters. The zero-order valence-electron chi connectivity index (χ0n) is 18.3. The number of furan rings is 1. The van der Waals surface area contributed by atoms with Gasteiger partial charge in [-0.3, -0.25) is 10.1 Å². The van der Waals surface area contributed by atoms with Crippen LogP contribution >= 0.6 is 23.5 Å². The summed E-state index contributed by atoms with van der Waals surface area (Å²) in [6.45, 7) is 9.89. The number of anilines is 1. The highest BCUT2D eigenvalue weighted by Crippen LogP contribution is 2.30. The number of hydrogen-bond donors (Lipinski definition) is 1. The first-order chi connectivity index (χ1) is 15.5. The third kappa shape index (κ3) is 5.44. The van der Waals surface area contributed by atoms with E-state index in [1.54, 1.807) is 31.7 Å². The third-order valence-corrected chi connectivity index (χ3v) is 7.21. The minimum Gasteiger partial charge on any atom is -0.444 e. The van der Waals surface area contributed by atoms with Crippen molar-refractivity contribution in [1.29, 1.82) is 5.26 Å². The van der Waals surface area contributed by atoms with Crippen LogP contribution in [-0.2, 0) is 17.1 Å². The van der Waals surface area contributed by atoms with E-state index < -0.39 is 5.25 Å². The van der Waals surface area contributed by atoms with Gasteiger partial charge < -0.3 is 8.98 Å². The molecule has 0 radical (unpaired) electrons. The number of rotatable bonds is 10. The quantitative estimate of drug-likeness (QED) is 0.317. The van der Waals surface area contributed by atoms with E-state index in [9.17, 15) is 10.1 Å². The highest BCUT2D eigenvalue weighted by atomic mass is 32.2. The van der Waals surface area contributed by atoms with Gasteiger partial charge in [0.2, 0.25) is 11.8 Å². The van der Waals surface area contributed by atoms with Crippen molar-refractivity contribution in [2.45, 2.75) is 54.8 Å². The Bertz CT molecular complexity index is 1130. The van der Waals surface area contributed by atoms with Crippen LogP contribution in [0.15, 0.2) is 57.5 Å². The molecule has 3 aromatic rings. The van der Waals surface area contributed by atoms with Gasteiger partial charge in [-0.2, -0.15) is 5.26 Å². The molecule has 0 bridgehead atoms. The number of carbonyl (C=O) groups excluding carboxylic acids is 1. The predicted molar refractivity (Wildman–Crippen MR) is 128 cm³/mol. The van der Waals surface area contributed by atoms with Crippen molar-refractivity contribution in [1.82, 2.24) is 14.8 Å². The van der Waals surface area contributed by atoms with Gasteiger partial charge in [-0.15, -0.1) is 28.5 Å². The van der Waals surface area contributed by atoms with Gasteiger partial charge >= 0.3 is 0 Å². The normalized spacial score (nSPS) is 11.7. The maximum absolute atomic E-state index is 12.9. The van der Waals surface area contributed by atoms with E-state index in [0.717, 1.165) is 16.3 Å². The van der Waals surface area contributed by atoms with E-state index in [4.69, 9.17) is 4.42 Å². The smallest absolute Gasteiger partial charge is 0.240 e. The molecule has 0 aliphatic heterocycles. The third-order valence-electron chi connectivity index (χ3n) is 4.86. The molecule has 0 fully saturated rings. The van der Waals surface area contributed by atoms with Crippen molar-refractivity contribution in [2.24, 2.45) is 0 Å². The molecule has 9 heteroatoms. The fourth-order valence-corrected chi connectivity index (χ4v) is 4.82. The van der Waals surface area contributed by atoms with Gasteiger partial charge in [0.25, 0.3) is 0 Å². The first kappa shape index (κ1) is 23.7. The summed E-state index contributed by atoms with van der Waals surface area (Å²) in [5, 5.41) is 21.1. The van der Waals surface area contributed by atoms with Crippen LogP contribution < -0.4 is 5.32 Å². The lowest BCUT2D eigenvalue weighted by Crippen LogP contribution is -2.25.